The van der Waals surface area contributed by atoms with E-state index in [-0.39, 0.29) is 34.1 Å². The summed E-state index contributed by atoms with van der Waals surface area (Å²) in [5.74, 6) is -2.70. The van der Waals surface area contributed by atoms with Gasteiger partial charge in [0.15, 0.2) is 0 Å². The molecule has 4 atom stereocenters. The third-order valence-electron chi connectivity index (χ3n) is 6.65. The topological polar surface area (TPSA) is 186 Å². The van der Waals surface area contributed by atoms with Crippen LogP contribution in [0.5, 0.6) is 23.0 Å². The number of aliphatic hydroxyl groups excluding tert-OH is 2. The SMILES string of the molecule is N[C@@H](C=Cc1ccccc1)[C@@H](O)c1cc(O)cc(OC(=O)/C=C/C(=O)Oc2cc(O)cc([C@H](O)[C@@H](N)C=Cc3ccccc3)c2)c1. The summed E-state index contributed by atoms with van der Waals surface area (Å²) in [5.41, 5.74) is 14.4. The average molecular weight is 623 g/mol. The fourth-order valence-electron chi connectivity index (χ4n) is 4.34. The summed E-state index contributed by atoms with van der Waals surface area (Å²) >= 11 is 0. The van der Waals surface area contributed by atoms with E-state index in [1.54, 1.807) is 24.3 Å². The molecule has 0 aromatic heterocycles. The number of phenols is 2. The van der Waals surface area contributed by atoms with Crippen molar-refractivity contribution < 1.29 is 39.5 Å². The predicted molar refractivity (Wildman–Crippen MR) is 173 cm³/mol. The van der Waals surface area contributed by atoms with Crippen LogP contribution in [0.25, 0.3) is 12.2 Å². The van der Waals surface area contributed by atoms with Crippen LogP contribution >= 0.6 is 0 Å². The summed E-state index contributed by atoms with van der Waals surface area (Å²) < 4.78 is 10.4. The summed E-state index contributed by atoms with van der Waals surface area (Å²) in [5, 5.41) is 41.6. The molecule has 0 aliphatic heterocycles. The highest BCUT2D eigenvalue weighted by molar-refractivity contribution is 5.93. The van der Waals surface area contributed by atoms with Gasteiger partial charge in [0.05, 0.1) is 24.3 Å². The van der Waals surface area contributed by atoms with Gasteiger partial charge in [-0.1, -0.05) is 85.0 Å². The molecule has 0 bridgehead atoms. The smallest absolute Gasteiger partial charge is 0.336 e. The van der Waals surface area contributed by atoms with E-state index in [0.717, 1.165) is 35.4 Å². The molecule has 0 aliphatic rings. The van der Waals surface area contributed by atoms with Crippen molar-refractivity contribution in [2.24, 2.45) is 11.5 Å². The summed E-state index contributed by atoms with van der Waals surface area (Å²) in [6.45, 7) is 0. The molecule has 0 heterocycles. The Morgan fingerprint density at radius 2 is 0.957 bits per heavy atom. The highest BCUT2D eigenvalue weighted by Crippen LogP contribution is 2.29. The number of carbonyl (C=O) groups is 2. The van der Waals surface area contributed by atoms with Gasteiger partial charge in [-0.25, -0.2) is 9.59 Å². The quantitative estimate of drug-likeness (QED) is 0.0755. The Labute approximate surface area is 265 Å². The number of phenolic OH excluding ortho intramolecular Hbond substituents is 2. The zero-order chi connectivity index (χ0) is 33.1. The predicted octanol–water partition coefficient (Wildman–Crippen LogP) is 4.31. The molecule has 0 saturated heterocycles. The lowest BCUT2D eigenvalue weighted by atomic mass is 10.0. The Bertz CT molecular complexity index is 1590. The van der Waals surface area contributed by atoms with E-state index in [1.165, 1.54) is 24.3 Å². The number of rotatable bonds is 12. The summed E-state index contributed by atoms with van der Waals surface area (Å²) in [6.07, 6.45) is 5.88. The zero-order valence-corrected chi connectivity index (χ0v) is 24.6. The van der Waals surface area contributed by atoms with Crippen LogP contribution in [0.4, 0.5) is 0 Å². The van der Waals surface area contributed by atoms with E-state index in [9.17, 15) is 30.0 Å². The van der Waals surface area contributed by atoms with Crippen molar-refractivity contribution in [1.29, 1.82) is 0 Å². The lowest BCUT2D eigenvalue weighted by molar-refractivity contribution is -0.131. The van der Waals surface area contributed by atoms with Crippen molar-refractivity contribution in [3.8, 4) is 23.0 Å². The fraction of sp³-hybridized carbons (Fsp3) is 0.111. The molecule has 46 heavy (non-hydrogen) atoms. The van der Waals surface area contributed by atoms with Crippen LogP contribution in [-0.2, 0) is 9.59 Å². The first-order chi connectivity index (χ1) is 22.1. The standard InChI is InChI=1S/C36H34N2O8/c37-31(13-11-23-7-3-1-4-8-23)35(43)25-17-27(39)21-29(19-25)45-33(41)15-16-34(42)46-30-20-26(18-28(40)22-30)36(44)32(38)14-12-24-9-5-2-6-10-24/h1-22,31-32,35-36,39-40,43-44H,37-38H2/b13-11?,14-12?,16-15+/t31-,32-,35-,36-/m0/s1. The first kappa shape index (κ1) is 33.4. The third kappa shape index (κ3) is 10.0. The monoisotopic (exact) mass is 622 g/mol. The number of aliphatic hydroxyl groups is 2. The summed E-state index contributed by atoms with van der Waals surface area (Å²) in [6, 6.07) is 24.6. The lowest BCUT2D eigenvalue weighted by Crippen LogP contribution is -2.26. The summed E-state index contributed by atoms with van der Waals surface area (Å²) in [7, 11) is 0. The van der Waals surface area contributed by atoms with Gasteiger partial charge < -0.3 is 41.4 Å². The molecule has 0 saturated carbocycles. The van der Waals surface area contributed by atoms with E-state index >= 15 is 0 Å². The van der Waals surface area contributed by atoms with E-state index in [0.29, 0.717) is 0 Å². The molecule has 4 aromatic rings. The van der Waals surface area contributed by atoms with E-state index in [4.69, 9.17) is 20.9 Å². The second kappa shape index (κ2) is 16.0. The third-order valence-corrected chi connectivity index (χ3v) is 6.65. The van der Waals surface area contributed by atoms with Crippen molar-refractivity contribution in [2.75, 3.05) is 0 Å². The molecule has 10 nitrogen and oxygen atoms in total. The maximum atomic E-state index is 12.4. The fourth-order valence-corrected chi connectivity index (χ4v) is 4.34. The summed E-state index contributed by atoms with van der Waals surface area (Å²) in [4.78, 5) is 24.8. The lowest BCUT2D eigenvalue weighted by Gasteiger charge is -2.17. The number of aromatic hydroxyl groups is 2. The van der Waals surface area contributed by atoms with Gasteiger partial charge in [-0.2, -0.15) is 0 Å². The molecule has 0 amide bonds. The molecule has 0 radical (unpaired) electrons. The molecule has 4 aromatic carbocycles. The second-order valence-corrected chi connectivity index (χ2v) is 10.3. The molecule has 0 spiro atoms. The van der Waals surface area contributed by atoms with Gasteiger partial charge >= 0.3 is 11.9 Å². The first-order valence-corrected chi connectivity index (χ1v) is 14.2. The molecular formula is C36H34N2O8. The molecule has 236 valence electrons. The van der Waals surface area contributed by atoms with Gasteiger partial charge in [-0.3, -0.25) is 0 Å². The first-order valence-electron chi connectivity index (χ1n) is 14.2. The van der Waals surface area contributed by atoms with Crippen LogP contribution in [0.2, 0.25) is 0 Å². The molecule has 0 unspecified atom stereocenters. The van der Waals surface area contributed by atoms with Crippen molar-refractivity contribution in [2.45, 2.75) is 24.3 Å². The Hall–Kier alpha value is -5.52. The Balaban J connectivity index is 1.35. The number of benzene rings is 4. The van der Waals surface area contributed by atoms with E-state index in [2.05, 4.69) is 0 Å². The number of hydrogen-bond donors (Lipinski definition) is 6. The van der Waals surface area contributed by atoms with Crippen LogP contribution < -0.4 is 20.9 Å². The molecule has 4 rings (SSSR count). The number of esters is 2. The van der Waals surface area contributed by atoms with Gasteiger partial charge in [0.1, 0.15) is 23.0 Å². The average Bonchev–Trinajstić information content (AvgIpc) is 3.04. The Morgan fingerprint density at radius 1 is 0.587 bits per heavy atom. The van der Waals surface area contributed by atoms with Crippen molar-refractivity contribution >= 4 is 24.1 Å². The number of carbonyl (C=O) groups excluding carboxylic acids is 2. The minimum Gasteiger partial charge on any atom is -0.508 e. The van der Waals surface area contributed by atoms with Crippen LogP contribution in [0.3, 0.4) is 0 Å². The molecule has 0 aliphatic carbocycles. The Kier molecular flexibility index (Phi) is 11.6. The van der Waals surface area contributed by atoms with Gasteiger partial charge in [0.25, 0.3) is 0 Å². The number of nitrogens with two attached hydrogens (primary N) is 2. The molecule has 8 N–H and O–H groups in total. The van der Waals surface area contributed by atoms with E-state index in [1.807, 2.05) is 60.7 Å². The van der Waals surface area contributed by atoms with Crippen molar-refractivity contribution in [3.63, 3.8) is 0 Å². The molecule has 10 heteroatoms. The van der Waals surface area contributed by atoms with Crippen LogP contribution in [0.1, 0.15) is 34.5 Å². The van der Waals surface area contributed by atoms with Gasteiger partial charge in [-0.15, -0.1) is 0 Å². The minimum atomic E-state index is -1.23. The van der Waals surface area contributed by atoms with Gasteiger partial charge in [0.2, 0.25) is 0 Å². The largest absolute Gasteiger partial charge is 0.508 e. The van der Waals surface area contributed by atoms with Crippen molar-refractivity contribution in [3.05, 3.63) is 144 Å². The normalized spacial score (nSPS) is 14.3. The van der Waals surface area contributed by atoms with Crippen LogP contribution in [-0.4, -0.2) is 44.4 Å². The van der Waals surface area contributed by atoms with E-state index < -0.39 is 36.2 Å². The zero-order valence-electron chi connectivity index (χ0n) is 24.6. The van der Waals surface area contributed by atoms with Crippen molar-refractivity contribution in [1.82, 2.24) is 0 Å². The van der Waals surface area contributed by atoms with Gasteiger partial charge in [-0.05, 0) is 46.5 Å². The second-order valence-electron chi connectivity index (χ2n) is 10.3. The highest BCUT2D eigenvalue weighted by atomic mass is 16.5. The van der Waals surface area contributed by atoms with Crippen LogP contribution in [0, 0.1) is 0 Å². The highest BCUT2D eigenvalue weighted by Gasteiger charge is 2.19. The maximum Gasteiger partial charge on any atom is 0.336 e. The molecular weight excluding hydrogens is 588 g/mol. The number of hydrogen-bond acceptors (Lipinski definition) is 10. The molecule has 0 fully saturated rings. The number of ether oxygens (including phenoxy) is 2. The maximum absolute atomic E-state index is 12.4. The van der Waals surface area contributed by atoms with Crippen LogP contribution in [0.15, 0.2) is 121 Å². The Morgan fingerprint density at radius 3 is 1.33 bits per heavy atom. The van der Waals surface area contributed by atoms with Gasteiger partial charge in [0, 0.05) is 24.3 Å². The minimum absolute atomic E-state index is 0.0967.